The van der Waals surface area contributed by atoms with E-state index in [0.717, 1.165) is 16.1 Å². The van der Waals surface area contributed by atoms with Crippen LogP contribution >= 0.6 is 39.3 Å². The van der Waals surface area contributed by atoms with Gasteiger partial charge in [0.2, 0.25) is 0 Å². The lowest BCUT2D eigenvalue weighted by atomic mass is 10.1. The fourth-order valence-electron chi connectivity index (χ4n) is 1.35. The van der Waals surface area contributed by atoms with E-state index in [9.17, 15) is 0 Å². The monoisotopic (exact) mass is 289 g/mol. The summed E-state index contributed by atoms with van der Waals surface area (Å²) in [7, 11) is 0. The molecule has 0 saturated carbocycles. The van der Waals surface area contributed by atoms with Crippen LogP contribution in [0.25, 0.3) is 0 Å². The Kier molecular flexibility index (Phi) is 3.52. The zero-order chi connectivity index (χ0) is 9.97. The van der Waals surface area contributed by atoms with Gasteiger partial charge in [-0.2, -0.15) is 0 Å². The Morgan fingerprint density at radius 1 is 1.43 bits per heavy atom. The van der Waals surface area contributed by atoms with Crippen LogP contribution in [0.5, 0.6) is 0 Å². The Bertz CT molecular complexity index is 350. The van der Waals surface area contributed by atoms with Crippen molar-refractivity contribution < 1.29 is 0 Å². The molecule has 0 radical (unpaired) electrons. The molecule has 0 aliphatic carbocycles. The number of rotatable bonds is 2. The zero-order valence-electron chi connectivity index (χ0n) is 7.41. The van der Waals surface area contributed by atoms with Gasteiger partial charge in [-0.15, -0.1) is 11.8 Å². The van der Waals surface area contributed by atoms with Crippen molar-refractivity contribution in [2.24, 2.45) is 4.99 Å². The molecule has 1 heterocycles. The van der Waals surface area contributed by atoms with Crippen molar-refractivity contribution in [3.63, 3.8) is 0 Å². The first-order valence-corrected chi connectivity index (χ1v) is 6.79. The van der Waals surface area contributed by atoms with Crippen LogP contribution in [0.15, 0.2) is 29.3 Å². The molecule has 14 heavy (non-hydrogen) atoms. The van der Waals surface area contributed by atoms with Gasteiger partial charge < -0.3 is 0 Å². The predicted molar refractivity (Wildman–Crippen MR) is 67.9 cm³/mol. The van der Waals surface area contributed by atoms with E-state index in [-0.39, 0.29) is 0 Å². The Hall–Kier alpha value is 0.01000. The molecule has 1 aromatic carbocycles. The summed E-state index contributed by atoms with van der Waals surface area (Å²) in [5.74, 6) is 1.04. The summed E-state index contributed by atoms with van der Waals surface area (Å²) in [6, 6.07) is 8.25. The quantitative estimate of drug-likeness (QED) is 0.752. The molecule has 0 bridgehead atoms. The van der Waals surface area contributed by atoms with E-state index in [1.54, 1.807) is 0 Å². The van der Waals surface area contributed by atoms with Gasteiger partial charge in [0.25, 0.3) is 0 Å². The summed E-state index contributed by atoms with van der Waals surface area (Å²) in [6.45, 7) is 0. The second-order valence-corrected chi connectivity index (χ2v) is 5.13. The lowest BCUT2D eigenvalue weighted by molar-refractivity contribution is 0.849. The summed E-state index contributed by atoms with van der Waals surface area (Å²) in [5.41, 5.74) is 1.25. The van der Waals surface area contributed by atoms with Gasteiger partial charge in [0.05, 0.1) is 16.4 Å². The van der Waals surface area contributed by atoms with E-state index in [1.807, 2.05) is 36.0 Å². The van der Waals surface area contributed by atoms with Crippen LogP contribution < -0.4 is 0 Å². The molecule has 1 aromatic rings. The van der Waals surface area contributed by atoms with Gasteiger partial charge in [0.15, 0.2) is 0 Å². The summed E-state index contributed by atoms with van der Waals surface area (Å²) >= 11 is 11.1. The highest BCUT2D eigenvalue weighted by Crippen LogP contribution is 2.31. The maximum absolute atomic E-state index is 5.83. The molecule has 1 nitrogen and oxygen atoms in total. The lowest BCUT2D eigenvalue weighted by Gasteiger charge is -2.05. The summed E-state index contributed by atoms with van der Waals surface area (Å²) in [4.78, 5) is 4.60. The van der Waals surface area contributed by atoms with Gasteiger partial charge >= 0.3 is 0 Å². The Morgan fingerprint density at radius 2 is 2.14 bits per heavy atom. The molecule has 0 N–H and O–H groups in total. The first kappa shape index (κ1) is 10.5. The number of halogens is 2. The van der Waals surface area contributed by atoms with Crippen LogP contribution in [0.4, 0.5) is 0 Å². The number of nitrogens with zero attached hydrogens (tertiary/aromatic N) is 1. The Balaban J connectivity index is 2.17. The van der Waals surface area contributed by atoms with Gasteiger partial charge in [0, 0.05) is 10.8 Å². The zero-order valence-corrected chi connectivity index (χ0v) is 10.6. The minimum atomic E-state index is 0.310. The molecule has 0 amide bonds. The van der Waals surface area contributed by atoms with E-state index >= 15 is 0 Å². The third kappa shape index (κ3) is 2.33. The molecule has 0 spiro atoms. The molecule has 74 valence electrons. The van der Waals surface area contributed by atoms with Crippen LogP contribution in [-0.2, 0) is 0 Å². The van der Waals surface area contributed by atoms with Gasteiger partial charge in [-0.05, 0) is 17.7 Å². The maximum atomic E-state index is 5.83. The van der Waals surface area contributed by atoms with Crippen molar-refractivity contribution in [3.8, 4) is 0 Å². The molecule has 0 fully saturated rings. The first-order valence-electron chi connectivity index (χ1n) is 4.30. The van der Waals surface area contributed by atoms with Crippen LogP contribution in [-0.4, -0.2) is 16.1 Å². The van der Waals surface area contributed by atoms with E-state index in [0.29, 0.717) is 6.04 Å². The predicted octanol–water partition coefficient (Wildman–Crippen LogP) is 3.92. The standard InChI is InChI=1S/C10H9BrClNS/c11-5-10-13-9(6-14-10)7-1-3-8(12)4-2-7/h1-4,9H,5-6H2. The molecule has 1 unspecified atom stereocenters. The highest BCUT2D eigenvalue weighted by atomic mass is 79.9. The number of hydrogen-bond donors (Lipinski definition) is 0. The Labute approximate surface area is 101 Å². The molecular weight excluding hydrogens is 282 g/mol. The SMILES string of the molecule is Clc1ccc(C2CSC(CBr)=N2)cc1. The average Bonchev–Trinajstić information content (AvgIpc) is 2.67. The highest BCUT2D eigenvalue weighted by Gasteiger charge is 2.18. The minimum absolute atomic E-state index is 0.310. The number of benzene rings is 1. The van der Waals surface area contributed by atoms with Crippen LogP contribution in [0.3, 0.4) is 0 Å². The van der Waals surface area contributed by atoms with Gasteiger partial charge in [-0.25, -0.2) is 0 Å². The highest BCUT2D eigenvalue weighted by molar-refractivity contribution is 9.09. The molecule has 4 heteroatoms. The molecule has 0 saturated heterocycles. The normalized spacial score (nSPS) is 21.0. The van der Waals surface area contributed by atoms with Crippen LogP contribution in [0.1, 0.15) is 11.6 Å². The molecule has 1 aliphatic rings. The van der Waals surface area contributed by atoms with Crippen molar-refractivity contribution in [3.05, 3.63) is 34.9 Å². The number of aliphatic imine (C=N–C) groups is 1. The second-order valence-electron chi connectivity index (χ2n) is 3.03. The number of alkyl halides is 1. The molecule has 0 aromatic heterocycles. The first-order chi connectivity index (χ1) is 6.79. The smallest absolute Gasteiger partial charge is 0.0853 e. The van der Waals surface area contributed by atoms with E-state index < -0.39 is 0 Å². The largest absolute Gasteiger partial charge is 0.273 e. The van der Waals surface area contributed by atoms with Gasteiger partial charge in [-0.1, -0.05) is 39.7 Å². The van der Waals surface area contributed by atoms with E-state index in [2.05, 4.69) is 20.9 Å². The fourth-order valence-corrected chi connectivity index (χ4v) is 3.00. The lowest BCUT2D eigenvalue weighted by Crippen LogP contribution is -1.93. The molecule has 2 rings (SSSR count). The summed E-state index contributed by atoms with van der Waals surface area (Å²) in [5, 5.41) is 2.83. The van der Waals surface area contributed by atoms with Gasteiger partial charge in [-0.3, -0.25) is 4.99 Å². The minimum Gasteiger partial charge on any atom is -0.273 e. The second kappa shape index (κ2) is 4.69. The summed E-state index contributed by atoms with van der Waals surface area (Å²) < 4.78 is 0. The van der Waals surface area contributed by atoms with Crippen molar-refractivity contribution in [1.29, 1.82) is 0 Å². The molecule has 1 atom stereocenters. The molecular formula is C10H9BrClNS. The average molecular weight is 291 g/mol. The fraction of sp³-hybridized carbons (Fsp3) is 0.300. The third-order valence-corrected chi connectivity index (χ3v) is 4.30. The topological polar surface area (TPSA) is 12.4 Å². The third-order valence-electron chi connectivity index (χ3n) is 2.08. The van der Waals surface area contributed by atoms with Crippen LogP contribution in [0.2, 0.25) is 5.02 Å². The van der Waals surface area contributed by atoms with Crippen molar-refractivity contribution in [2.45, 2.75) is 6.04 Å². The van der Waals surface area contributed by atoms with E-state index in [1.165, 1.54) is 10.6 Å². The van der Waals surface area contributed by atoms with Crippen molar-refractivity contribution in [1.82, 2.24) is 0 Å². The van der Waals surface area contributed by atoms with Gasteiger partial charge in [0.1, 0.15) is 0 Å². The van der Waals surface area contributed by atoms with Crippen molar-refractivity contribution >= 4 is 44.3 Å². The van der Waals surface area contributed by atoms with Crippen molar-refractivity contribution in [2.75, 3.05) is 11.1 Å². The Morgan fingerprint density at radius 3 is 2.71 bits per heavy atom. The molecule has 1 aliphatic heterocycles. The van der Waals surface area contributed by atoms with E-state index in [4.69, 9.17) is 11.6 Å². The number of thioether (sulfide) groups is 1. The number of hydrogen-bond acceptors (Lipinski definition) is 2. The maximum Gasteiger partial charge on any atom is 0.0853 e. The summed E-state index contributed by atoms with van der Waals surface area (Å²) in [6.07, 6.45) is 0. The van der Waals surface area contributed by atoms with Crippen LogP contribution in [0, 0.1) is 0 Å².